The van der Waals surface area contributed by atoms with Gasteiger partial charge in [-0.05, 0) is 113 Å². The van der Waals surface area contributed by atoms with Crippen LogP contribution in [0, 0.1) is 0 Å². The van der Waals surface area contributed by atoms with E-state index in [0.717, 1.165) is 138 Å². The van der Waals surface area contributed by atoms with E-state index in [-0.39, 0.29) is 0 Å². The van der Waals surface area contributed by atoms with Crippen LogP contribution in [0.1, 0.15) is 0 Å². The summed E-state index contributed by atoms with van der Waals surface area (Å²) in [7, 11) is 0. The molecule has 0 radical (unpaired) electrons. The maximum absolute atomic E-state index is 6.62. The van der Waals surface area contributed by atoms with Crippen molar-refractivity contribution in [3.63, 3.8) is 0 Å². The molecular formula is C65H38N2O3. The van der Waals surface area contributed by atoms with Crippen LogP contribution in [-0.2, 0) is 0 Å². The molecule has 0 aliphatic rings. The maximum Gasteiger partial charge on any atom is 0.143 e. The molecule has 10 aromatic carbocycles. The van der Waals surface area contributed by atoms with E-state index >= 15 is 0 Å². The molecule has 0 atom stereocenters. The molecule has 15 aromatic rings. The number of benzene rings is 10. The predicted octanol–water partition coefficient (Wildman–Crippen LogP) is 18.2. The van der Waals surface area contributed by atoms with Crippen LogP contribution in [0.4, 0.5) is 0 Å². The van der Waals surface area contributed by atoms with Crippen molar-refractivity contribution >= 4 is 87.6 Å². The molecule has 0 unspecified atom stereocenters. The Kier molecular flexibility index (Phi) is 8.29. The average Bonchev–Trinajstić information content (AvgIpc) is 4.19. The smallest absolute Gasteiger partial charge is 0.143 e. The molecule has 15 rings (SSSR count). The Balaban J connectivity index is 0.841. The Bertz CT molecular complexity index is 4590. The summed E-state index contributed by atoms with van der Waals surface area (Å²) < 4.78 is 21.7. The van der Waals surface area contributed by atoms with E-state index in [2.05, 4.69) is 211 Å². The molecule has 70 heavy (non-hydrogen) atoms. The normalized spacial score (nSPS) is 12.0. The fourth-order valence-electron chi connectivity index (χ4n) is 10.9. The molecule has 0 N–H and O–H groups in total. The van der Waals surface area contributed by atoms with Gasteiger partial charge in [0.05, 0.1) is 22.4 Å². The molecule has 0 amide bonds. The lowest BCUT2D eigenvalue weighted by atomic mass is 9.96. The third kappa shape index (κ3) is 5.95. The zero-order valence-electron chi connectivity index (χ0n) is 37.6. The lowest BCUT2D eigenvalue weighted by molar-refractivity contribution is 0.668. The summed E-state index contributed by atoms with van der Waals surface area (Å²) in [5.74, 6) is 0. The quantitative estimate of drug-likeness (QED) is 0.167. The SMILES string of the molecule is c1ccc(-c2cc(-c3ccc4c(c3)oc3ccccc34)nc(-c3cccc4oc5ccc(-c6ccc7c(c6)c6ccccc6n7-c6ccc(-c7cccc8c7oc7ccccc78)cc6)cc5c34)c2)cc1. The third-order valence-corrected chi connectivity index (χ3v) is 14.2. The molecule has 0 aliphatic carbocycles. The number of aromatic nitrogens is 2. The monoisotopic (exact) mass is 894 g/mol. The number of para-hydroxylation sites is 4. The van der Waals surface area contributed by atoms with Gasteiger partial charge in [-0.2, -0.15) is 0 Å². The first-order chi connectivity index (χ1) is 34.7. The van der Waals surface area contributed by atoms with Crippen LogP contribution in [0.5, 0.6) is 0 Å². The van der Waals surface area contributed by atoms with Crippen molar-refractivity contribution in [3.05, 3.63) is 231 Å². The second kappa shape index (κ2) is 15.0. The number of furan rings is 3. The molecule has 0 saturated heterocycles. The minimum absolute atomic E-state index is 0.820. The highest BCUT2D eigenvalue weighted by molar-refractivity contribution is 6.15. The molecule has 0 saturated carbocycles. The number of hydrogen-bond acceptors (Lipinski definition) is 4. The van der Waals surface area contributed by atoms with E-state index < -0.39 is 0 Å². The van der Waals surface area contributed by atoms with Gasteiger partial charge in [0.1, 0.15) is 33.5 Å². The van der Waals surface area contributed by atoms with Crippen molar-refractivity contribution in [3.8, 4) is 61.6 Å². The lowest BCUT2D eigenvalue weighted by Crippen LogP contribution is -1.93. The standard InChI is InChI=1S/C65H38N2O3/c1-2-12-39(13-3-1)44-36-55(43-26-31-50-48-15-5-8-21-59(48)69-63(50)38-43)66-56(37-44)52-19-11-23-62-64(52)54-35-42(28-33-61(54)68-62)41-27-32-58-53(34-41)47-14-4-7-20-57(47)67(58)45-29-24-40(25-30-45)46-17-10-18-51-49-16-6-9-22-60(49)70-65(46)51/h1-38H. The van der Waals surface area contributed by atoms with E-state index in [1.165, 1.54) is 10.8 Å². The van der Waals surface area contributed by atoms with Gasteiger partial charge < -0.3 is 17.8 Å². The zero-order chi connectivity index (χ0) is 45.9. The molecular weight excluding hydrogens is 857 g/mol. The number of rotatable bonds is 6. The second-order valence-electron chi connectivity index (χ2n) is 18.2. The molecule has 5 aromatic heterocycles. The third-order valence-electron chi connectivity index (χ3n) is 14.2. The number of nitrogens with zero attached hydrogens (tertiary/aromatic N) is 2. The van der Waals surface area contributed by atoms with Gasteiger partial charge in [0.25, 0.3) is 0 Å². The van der Waals surface area contributed by atoms with Crippen LogP contribution in [-0.4, -0.2) is 9.55 Å². The molecule has 0 spiro atoms. The first kappa shape index (κ1) is 38.6. The van der Waals surface area contributed by atoms with Crippen molar-refractivity contribution in [2.75, 3.05) is 0 Å². The molecule has 0 bridgehead atoms. The summed E-state index contributed by atoms with van der Waals surface area (Å²) in [6.07, 6.45) is 0. The van der Waals surface area contributed by atoms with Gasteiger partial charge in [0, 0.05) is 65.5 Å². The highest BCUT2D eigenvalue weighted by Gasteiger charge is 2.20. The van der Waals surface area contributed by atoms with Crippen molar-refractivity contribution in [1.29, 1.82) is 0 Å². The van der Waals surface area contributed by atoms with Gasteiger partial charge in [0.15, 0.2) is 0 Å². The number of pyridine rings is 1. The summed E-state index contributed by atoms with van der Waals surface area (Å²) in [4.78, 5) is 5.42. The number of hydrogen-bond donors (Lipinski definition) is 0. The topological polar surface area (TPSA) is 57.2 Å². The van der Waals surface area contributed by atoms with Crippen molar-refractivity contribution < 1.29 is 13.3 Å². The first-order valence-corrected chi connectivity index (χ1v) is 23.7. The molecule has 5 heterocycles. The molecule has 5 nitrogen and oxygen atoms in total. The van der Waals surface area contributed by atoms with Crippen LogP contribution in [0.2, 0.25) is 0 Å². The Morgan fingerprint density at radius 2 is 0.871 bits per heavy atom. The molecule has 5 heteroatoms. The summed E-state index contributed by atoms with van der Waals surface area (Å²) in [5, 5.41) is 8.93. The first-order valence-electron chi connectivity index (χ1n) is 23.7. The van der Waals surface area contributed by atoms with Crippen LogP contribution in [0.25, 0.3) is 149 Å². The van der Waals surface area contributed by atoms with Crippen LogP contribution in [0.15, 0.2) is 244 Å². The lowest BCUT2D eigenvalue weighted by Gasteiger charge is -2.11. The van der Waals surface area contributed by atoms with Crippen LogP contribution in [0.3, 0.4) is 0 Å². The van der Waals surface area contributed by atoms with Crippen LogP contribution < -0.4 is 0 Å². The average molecular weight is 895 g/mol. The highest BCUT2D eigenvalue weighted by Crippen LogP contribution is 2.43. The summed E-state index contributed by atoms with van der Waals surface area (Å²) in [5.41, 5.74) is 19.0. The Hall–Kier alpha value is -9.45. The van der Waals surface area contributed by atoms with E-state index in [1.807, 2.05) is 24.3 Å². The van der Waals surface area contributed by atoms with Crippen molar-refractivity contribution in [2.24, 2.45) is 0 Å². The van der Waals surface area contributed by atoms with E-state index in [9.17, 15) is 0 Å². The van der Waals surface area contributed by atoms with Gasteiger partial charge >= 0.3 is 0 Å². The fraction of sp³-hybridized carbons (Fsp3) is 0. The number of fused-ring (bicyclic) bond motifs is 12. The van der Waals surface area contributed by atoms with Crippen molar-refractivity contribution in [1.82, 2.24) is 9.55 Å². The van der Waals surface area contributed by atoms with E-state index in [1.54, 1.807) is 0 Å². The summed E-state index contributed by atoms with van der Waals surface area (Å²) in [6.45, 7) is 0. The molecule has 0 fully saturated rings. The molecule has 326 valence electrons. The van der Waals surface area contributed by atoms with Gasteiger partial charge in [-0.15, -0.1) is 0 Å². The second-order valence-corrected chi connectivity index (χ2v) is 18.2. The van der Waals surface area contributed by atoms with E-state index in [0.29, 0.717) is 0 Å². The van der Waals surface area contributed by atoms with Gasteiger partial charge in [-0.1, -0.05) is 146 Å². The van der Waals surface area contributed by atoms with Crippen LogP contribution >= 0.6 is 0 Å². The predicted molar refractivity (Wildman–Crippen MR) is 288 cm³/mol. The highest BCUT2D eigenvalue weighted by atomic mass is 16.3. The maximum atomic E-state index is 6.62. The van der Waals surface area contributed by atoms with Gasteiger partial charge in [0.2, 0.25) is 0 Å². The molecule has 0 aliphatic heterocycles. The fourth-order valence-corrected chi connectivity index (χ4v) is 10.9. The van der Waals surface area contributed by atoms with Gasteiger partial charge in [-0.25, -0.2) is 4.98 Å². The van der Waals surface area contributed by atoms with E-state index in [4.69, 9.17) is 18.2 Å². The summed E-state index contributed by atoms with van der Waals surface area (Å²) >= 11 is 0. The zero-order valence-corrected chi connectivity index (χ0v) is 37.6. The van der Waals surface area contributed by atoms with Gasteiger partial charge in [-0.3, -0.25) is 0 Å². The minimum atomic E-state index is 0.820. The minimum Gasteiger partial charge on any atom is -0.456 e. The summed E-state index contributed by atoms with van der Waals surface area (Å²) in [6, 6.07) is 81.4. The Morgan fingerprint density at radius 3 is 1.73 bits per heavy atom. The Labute approximate surface area is 400 Å². The largest absolute Gasteiger partial charge is 0.456 e. The van der Waals surface area contributed by atoms with Crippen molar-refractivity contribution in [2.45, 2.75) is 0 Å². The Morgan fingerprint density at radius 1 is 0.286 bits per heavy atom.